The van der Waals surface area contributed by atoms with Crippen LogP contribution in [0.1, 0.15) is 22.4 Å². The van der Waals surface area contributed by atoms with Crippen LogP contribution in [0.2, 0.25) is 5.02 Å². The van der Waals surface area contributed by atoms with Gasteiger partial charge in [0.1, 0.15) is 5.75 Å². The SMILES string of the molecule is CNCc1nc(Oc2c(C)ccc(C)c2C)ccc1Cl. The minimum absolute atomic E-state index is 0.566. The van der Waals surface area contributed by atoms with Crippen molar-refractivity contribution in [3.8, 4) is 11.6 Å². The first-order valence-corrected chi connectivity index (χ1v) is 6.95. The maximum atomic E-state index is 6.11. The Hall–Kier alpha value is -1.58. The zero-order chi connectivity index (χ0) is 14.7. The quantitative estimate of drug-likeness (QED) is 0.917. The van der Waals surface area contributed by atoms with Crippen LogP contribution >= 0.6 is 11.6 Å². The van der Waals surface area contributed by atoms with Gasteiger partial charge in [-0.3, -0.25) is 0 Å². The molecule has 0 aliphatic rings. The van der Waals surface area contributed by atoms with Crippen LogP contribution < -0.4 is 10.1 Å². The summed E-state index contributed by atoms with van der Waals surface area (Å²) in [7, 11) is 1.86. The Morgan fingerprint density at radius 1 is 1.10 bits per heavy atom. The van der Waals surface area contributed by atoms with Gasteiger partial charge in [0.25, 0.3) is 0 Å². The molecule has 0 saturated heterocycles. The molecule has 0 fully saturated rings. The van der Waals surface area contributed by atoms with Crippen molar-refractivity contribution in [2.24, 2.45) is 0 Å². The van der Waals surface area contributed by atoms with Crippen LogP contribution in [0.5, 0.6) is 11.6 Å². The number of aromatic nitrogens is 1. The number of aryl methyl sites for hydroxylation is 2. The van der Waals surface area contributed by atoms with Gasteiger partial charge < -0.3 is 10.1 Å². The molecule has 0 atom stereocenters. The second-order valence-electron chi connectivity index (χ2n) is 4.86. The van der Waals surface area contributed by atoms with E-state index in [0.717, 1.165) is 22.6 Å². The molecule has 0 bridgehead atoms. The Bertz CT molecular complexity index is 626. The molecule has 1 N–H and O–H groups in total. The van der Waals surface area contributed by atoms with E-state index in [9.17, 15) is 0 Å². The number of ether oxygens (including phenoxy) is 1. The predicted molar refractivity (Wildman–Crippen MR) is 82.7 cm³/mol. The van der Waals surface area contributed by atoms with Crippen molar-refractivity contribution in [2.75, 3.05) is 7.05 Å². The Morgan fingerprint density at radius 3 is 2.50 bits per heavy atom. The van der Waals surface area contributed by atoms with Gasteiger partial charge in [0.2, 0.25) is 5.88 Å². The van der Waals surface area contributed by atoms with Crippen LogP contribution in [0, 0.1) is 20.8 Å². The van der Waals surface area contributed by atoms with Crippen molar-refractivity contribution in [1.82, 2.24) is 10.3 Å². The lowest BCUT2D eigenvalue weighted by molar-refractivity contribution is 0.453. The number of nitrogens with one attached hydrogen (secondary N) is 1. The normalized spacial score (nSPS) is 10.7. The summed E-state index contributed by atoms with van der Waals surface area (Å²) in [6.07, 6.45) is 0. The third-order valence-corrected chi connectivity index (χ3v) is 3.66. The van der Waals surface area contributed by atoms with E-state index in [1.165, 1.54) is 5.56 Å². The molecule has 0 saturated carbocycles. The molecule has 2 rings (SSSR count). The van der Waals surface area contributed by atoms with E-state index in [-0.39, 0.29) is 0 Å². The molecular weight excluding hydrogens is 272 g/mol. The van der Waals surface area contributed by atoms with E-state index in [2.05, 4.69) is 36.3 Å². The molecular formula is C16H19ClN2O. The summed E-state index contributed by atoms with van der Waals surface area (Å²) in [6, 6.07) is 7.76. The number of hydrogen-bond acceptors (Lipinski definition) is 3. The summed E-state index contributed by atoms with van der Waals surface area (Å²) in [5.74, 6) is 1.44. The molecule has 1 aromatic heterocycles. The second-order valence-corrected chi connectivity index (χ2v) is 5.27. The smallest absolute Gasteiger partial charge is 0.219 e. The lowest BCUT2D eigenvalue weighted by atomic mass is 10.1. The van der Waals surface area contributed by atoms with Gasteiger partial charge in [-0.1, -0.05) is 23.7 Å². The lowest BCUT2D eigenvalue weighted by Gasteiger charge is -2.14. The zero-order valence-electron chi connectivity index (χ0n) is 12.2. The largest absolute Gasteiger partial charge is 0.438 e. The summed E-state index contributed by atoms with van der Waals surface area (Å²) in [4.78, 5) is 4.45. The summed E-state index contributed by atoms with van der Waals surface area (Å²) in [5, 5.41) is 3.69. The number of halogens is 1. The summed E-state index contributed by atoms with van der Waals surface area (Å²) >= 11 is 6.11. The summed E-state index contributed by atoms with van der Waals surface area (Å²) in [5.41, 5.74) is 4.22. The van der Waals surface area contributed by atoms with E-state index in [1.54, 1.807) is 6.07 Å². The van der Waals surface area contributed by atoms with Crippen LogP contribution in [0.25, 0.3) is 0 Å². The molecule has 0 aliphatic heterocycles. The van der Waals surface area contributed by atoms with Crippen LogP contribution in [0.4, 0.5) is 0 Å². The maximum Gasteiger partial charge on any atom is 0.219 e. The minimum atomic E-state index is 0.566. The Morgan fingerprint density at radius 2 is 1.80 bits per heavy atom. The first-order valence-electron chi connectivity index (χ1n) is 6.57. The highest BCUT2D eigenvalue weighted by Crippen LogP contribution is 2.30. The van der Waals surface area contributed by atoms with E-state index >= 15 is 0 Å². The topological polar surface area (TPSA) is 34.2 Å². The molecule has 0 spiro atoms. The minimum Gasteiger partial charge on any atom is -0.438 e. The number of nitrogens with zero attached hydrogens (tertiary/aromatic N) is 1. The zero-order valence-corrected chi connectivity index (χ0v) is 13.0. The van der Waals surface area contributed by atoms with Crippen LogP contribution in [-0.4, -0.2) is 12.0 Å². The highest BCUT2D eigenvalue weighted by Gasteiger charge is 2.10. The number of rotatable bonds is 4. The number of pyridine rings is 1. The third kappa shape index (κ3) is 3.11. The first-order chi connectivity index (χ1) is 9.52. The van der Waals surface area contributed by atoms with Gasteiger partial charge >= 0.3 is 0 Å². The van der Waals surface area contributed by atoms with Crippen LogP contribution in [0.3, 0.4) is 0 Å². The summed E-state index contributed by atoms with van der Waals surface area (Å²) < 4.78 is 5.97. The Kier molecular flexibility index (Phi) is 4.63. The molecule has 0 radical (unpaired) electrons. The Labute approximate surface area is 124 Å². The van der Waals surface area contributed by atoms with Crippen LogP contribution in [0.15, 0.2) is 24.3 Å². The van der Waals surface area contributed by atoms with Crippen molar-refractivity contribution in [3.63, 3.8) is 0 Å². The number of hydrogen-bond donors (Lipinski definition) is 1. The van der Waals surface area contributed by atoms with Crippen molar-refractivity contribution < 1.29 is 4.74 Å². The molecule has 1 aromatic carbocycles. The van der Waals surface area contributed by atoms with E-state index in [1.807, 2.05) is 20.0 Å². The van der Waals surface area contributed by atoms with Gasteiger partial charge in [0, 0.05) is 12.6 Å². The van der Waals surface area contributed by atoms with Gasteiger partial charge in [-0.05, 0) is 50.6 Å². The average Bonchev–Trinajstić information content (AvgIpc) is 2.43. The van der Waals surface area contributed by atoms with Gasteiger partial charge in [0.05, 0.1) is 10.7 Å². The van der Waals surface area contributed by atoms with Gasteiger partial charge in [0.15, 0.2) is 0 Å². The monoisotopic (exact) mass is 290 g/mol. The van der Waals surface area contributed by atoms with Crippen molar-refractivity contribution in [3.05, 3.63) is 51.7 Å². The highest BCUT2D eigenvalue weighted by atomic mass is 35.5. The highest BCUT2D eigenvalue weighted by molar-refractivity contribution is 6.31. The third-order valence-electron chi connectivity index (χ3n) is 3.32. The standard InChI is InChI=1S/C16H19ClN2O/c1-10-5-6-11(2)16(12(10)3)20-15-8-7-13(17)14(19-15)9-18-4/h5-8,18H,9H2,1-4H3. The fraction of sp³-hybridized carbons (Fsp3) is 0.312. The van der Waals surface area contributed by atoms with Crippen LogP contribution in [-0.2, 0) is 6.54 Å². The fourth-order valence-electron chi connectivity index (χ4n) is 2.00. The van der Waals surface area contributed by atoms with Gasteiger partial charge in [-0.2, -0.15) is 0 Å². The lowest BCUT2D eigenvalue weighted by Crippen LogP contribution is -2.08. The molecule has 20 heavy (non-hydrogen) atoms. The van der Waals surface area contributed by atoms with E-state index in [4.69, 9.17) is 16.3 Å². The molecule has 0 aliphatic carbocycles. The summed E-state index contributed by atoms with van der Waals surface area (Å²) in [6.45, 7) is 6.78. The van der Waals surface area contributed by atoms with Crippen molar-refractivity contribution in [1.29, 1.82) is 0 Å². The average molecular weight is 291 g/mol. The van der Waals surface area contributed by atoms with Crippen molar-refractivity contribution in [2.45, 2.75) is 27.3 Å². The Balaban J connectivity index is 2.35. The predicted octanol–water partition coefficient (Wildman–Crippen LogP) is 4.17. The molecule has 0 unspecified atom stereocenters. The molecule has 1 heterocycles. The van der Waals surface area contributed by atoms with E-state index < -0.39 is 0 Å². The molecule has 2 aromatic rings. The first kappa shape index (κ1) is 14.8. The maximum absolute atomic E-state index is 6.11. The van der Waals surface area contributed by atoms with Gasteiger partial charge in [-0.15, -0.1) is 0 Å². The molecule has 0 amide bonds. The molecule has 106 valence electrons. The van der Waals surface area contributed by atoms with Gasteiger partial charge in [-0.25, -0.2) is 4.98 Å². The second kappa shape index (κ2) is 6.25. The van der Waals surface area contributed by atoms with Crippen molar-refractivity contribution >= 4 is 11.6 Å². The number of benzene rings is 1. The van der Waals surface area contributed by atoms with E-state index in [0.29, 0.717) is 17.4 Å². The molecule has 3 nitrogen and oxygen atoms in total. The molecule has 4 heteroatoms. The fourth-order valence-corrected chi connectivity index (χ4v) is 2.17.